The third kappa shape index (κ3) is 4.17. The molecule has 0 aromatic rings. The maximum absolute atomic E-state index is 12.6. The molecule has 0 aliphatic rings. The van der Waals surface area contributed by atoms with Gasteiger partial charge in [-0.25, -0.2) is 0 Å². The zero-order chi connectivity index (χ0) is 11.2. The van der Waals surface area contributed by atoms with Crippen LogP contribution in [0.1, 0.15) is 60.3 Å². The third-order valence-electron chi connectivity index (χ3n) is 3.11. The predicted octanol–water partition coefficient (Wildman–Crippen LogP) is 4.75. The topological polar surface area (TPSA) is 17.1 Å². The summed E-state index contributed by atoms with van der Waals surface area (Å²) in [5.74, 6) is 0. The smallest absolute Gasteiger partial charge is 0.0925 e. The molecule has 1 nitrogen and oxygen atoms in total. The average molecular weight is 218 g/mol. The van der Waals surface area contributed by atoms with Gasteiger partial charge >= 0.3 is 0 Å². The molecule has 0 saturated heterocycles. The Morgan fingerprint density at radius 2 is 1.43 bits per heavy atom. The monoisotopic (exact) mass is 218 g/mol. The van der Waals surface area contributed by atoms with E-state index in [2.05, 4.69) is 34.6 Å². The third-order valence-corrected chi connectivity index (χ3v) is 7.62. The first-order valence-corrected chi connectivity index (χ1v) is 8.06. The summed E-state index contributed by atoms with van der Waals surface area (Å²) in [6.07, 6.45) is 5.91. The highest BCUT2D eigenvalue weighted by Crippen LogP contribution is 2.55. The molecular formula is C12H27OP. The molecule has 2 heteroatoms. The van der Waals surface area contributed by atoms with Gasteiger partial charge in [-0.15, -0.1) is 0 Å². The highest BCUT2D eigenvalue weighted by atomic mass is 31.2. The predicted molar refractivity (Wildman–Crippen MR) is 66.9 cm³/mol. The molecule has 0 bridgehead atoms. The van der Waals surface area contributed by atoms with Crippen LogP contribution in [0, 0.1) is 0 Å². The lowest BCUT2D eigenvalue weighted by molar-refractivity contribution is 0.556. The first kappa shape index (κ1) is 14.2. The fourth-order valence-electron chi connectivity index (χ4n) is 1.90. The van der Waals surface area contributed by atoms with Crippen LogP contribution in [0.3, 0.4) is 0 Å². The van der Waals surface area contributed by atoms with Crippen molar-refractivity contribution in [1.29, 1.82) is 0 Å². The van der Waals surface area contributed by atoms with Gasteiger partial charge in [-0.2, -0.15) is 0 Å². The minimum atomic E-state index is -1.90. The van der Waals surface area contributed by atoms with Gasteiger partial charge in [0.1, 0.15) is 0 Å². The molecule has 0 N–H and O–H groups in total. The van der Waals surface area contributed by atoms with Gasteiger partial charge in [0.05, 0.1) is 7.14 Å². The lowest BCUT2D eigenvalue weighted by atomic mass is 10.2. The molecule has 0 saturated carbocycles. The lowest BCUT2D eigenvalue weighted by Crippen LogP contribution is -2.11. The van der Waals surface area contributed by atoms with Crippen molar-refractivity contribution in [1.82, 2.24) is 0 Å². The molecule has 0 aliphatic carbocycles. The van der Waals surface area contributed by atoms with Crippen LogP contribution in [-0.4, -0.2) is 17.5 Å². The van der Waals surface area contributed by atoms with Gasteiger partial charge in [-0.3, -0.25) is 0 Å². The molecule has 0 rings (SSSR count). The highest BCUT2D eigenvalue weighted by Gasteiger charge is 2.29. The fraction of sp³-hybridized carbons (Fsp3) is 1.00. The second kappa shape index (κ2) is 6.67. The molecule has 0 amide bonds. The van der Waals surface area contributed by atoms with Gasteiger partial charge in [0.15, 0.2) is 0 Å². The minimum absolute atomic E-state index is 0.365. The van der Waals surface area contributed by atoms with E-state index >= 15 is 0 Å². The Morgan fingerprint density at radius 1 is 0.929 bits per heavy atom. The van der Waals surface area contributed by atoms with E-state index in [9.17, 15) is 4.57 Å². The van der Waals surface area contributed by atoms with E-state index < -0.39 is 7.14 Å². The van der Waals surface area contributed by atoms with E-state index in [1.54, 1.807) is 0 Å². The van der Waals surface area contributed by atoms with E-state index in [0.717, 1.165) is 12.6 Å². The summed E-state index contributed by atoms with van der Waals surface area (Å²) in [4.78, 5) is 0. The number of rotatable bonds is 7. The van der Waals surface area contributed by atoms with Crippen LogP contribution in [0.25, 0.3) is 0 Å². The van der Waals surface area contributed by atoms with Crippen LogP contribution in [0.5, 0.6) is 0 Å². The molecule has 0 radical (unpaired) electrons. The van der Waals surface area contributed by atoms with Crippen molar-refractivity contribution in [2.24, 2.45) is 0 Å². The molecule has 0 fully saturated rings. The van der Waals surface area contributed by atoms with E-state index in [1.165, 1.54) is 19.3 Å². The average Bonchev–Trinajstić information content (AvgIpc) is 2.11. The molecule has 0 aromatic carbocycles. The fourth-order valence-corrected chi connectivity index (χ4v) is 4.84. The summed E-state index contributed by atoms with van der Waals surface area (Å²) in [5.41, 5.74) is 0.730. The molecule has 0 unspecified atom stereocenters. The summed E-state index contributed by atoms with van der Waals surface area (Å²) in [5, 5.41) is 0. The summed E-state index contributed by atoms with van der Waals surface area (Å²) in [6, 6.07) is 0. The Labute approximate surface area is 90.0 Å². The van der Waals surface area contributed by atoms with Gasteiger partial charge in [-0.1, -0.05) is 53.9 Å². The molecule has 14 heavy (non-hydrogen) atoms. The van der Waals surface area contributed by atoms with Crippen LogP contribution >= 0.6 is 7.14 Å². The number of hydrogen-bond donors (Lipinski definition) is 0. The van der Waals surface area contributed by atoms with Gasteiger partial charge < -0.3 is 4.57 Å². The van der Waals surface area contributed by atoms with Crippen molar-refractivity contribution < 1.29 is 4.57 Å². The zero-order valence-corrected chi connectivity index (χ0v) is 11.4. The highest BCUT2D eigenvalue weighted by molar-refractivity contribution is 7.65. The molecule has 0 heterocycles. The van der Waals surface area contributed by atoms with Crippen molar-refractivity contribution in [3.05, 3.63) is 0 Å². The first-order chi connectivity index (χ1) is 6.45. The Kier molecular flexibility index (Phi) is 6.78. The Hall–Kier alpha value is 0.230. The largest absolute Gasteiger partial charge is 0.323 e. The van der Waals surface area contributed by atoms with Crippen LogP contribution in [0.2, 0.25) is 0 Å². The van der Waals surface area contributed by atoms with E-state index in [-0.39, 0.29) is 0 Å². The second-order valence-corrected chi connectivity index (χ2v) is 9.05. The quantitative estimate of drug-likeness (QED) is 0.445. The maximum Gasteiger partial charge on any atom is 0.0925 e. The van der Waals surface area contributed by atoms with Crippen molar-refractivity contribution >= 4 is 7.14 Å². The SMILES string of the molecule is CCCCCCP(=O)(C(C)C)C(C)C. The van der Waals surface area contributed by atoms with Crippen molar-refractivity contribution in [2.45, 2.75) is 71.6 Å². The van der Waals surface area contributed by atoms with Crippen LogP contribution < -0.4 is 0 Å². The molecule has 0 spiro atoms. The van der Waals surface area contributed by atoms with Crippen molar-refractivity contribution in [2.75, 3.05) is 6.16 Å². The molecule has 0 atom stereocenters. The van der Waals surface area contributed by atoms with Crippen molar-refractivity contribution in [3.63, 3.8) is 0 Å². The number of unbranched alkanes of at least 4 members (excludes halogenated alkanes) is 3. The summed E-state index contributed by atoms with van der Waals surface area (Å²) in [7, 11) is -1.90. The van der Waals surface area contributed by atoms with E-state index in [1.807, 2.05) is 0 Å². The van der Waals surface area contributed by atoms with E-state index in [4.69, 9.17) is 0 Å². The Bertz CT molecular complexity index is 173. The van der Waals surface area contributed by atoms with Gasteiger partial charge in [0, 0.05) is 17.5 Å². The summed E-state index contributed by atoms with van der Waals surface area (Å²) >= 11 is 0. The van der Waals surface area contributed by atoms with Crippen LogP contribution in [-0.2, 0) is 4.57 Å². The lowest BCUT2D eigenvalue weighted by Gasteiger charge is -2.26. The molecule has 0 aliphatic heterocycles. The Balaban J connectivity index is 4.06. The Morgan fingerprint density at radius 3 is 1.79 bits per heavy atom. The van der Waals surface area contributed by atoms with E-state index in [0.29, 0.717) is 11.3 Å². The second-order valence-electron chi connectivity index (χ2n) is 4.83. The zero-order valence-electron chi connectivity index (χ0n) is 10.5. The van der Waals surface area contributed by atoms with Gasteiger partial charge in [0.2, 0.25) is 0 Å². The van der Waals surface area contributed by atoms with Crippen molar-refractivity contribution in [3.8, 4) is 0 Å². The van der Waals surface area contributed by atoms with Gasteiger partial charge in [0.25, 0.3) is 0 Å². The summed E-state index contributed by atoms with van der Waals surface area (Å²) in [6.45, 7) is 10.7. The molecule has 0 aromatic heterocycles. The van der Waals surface area contributed by atoms with Crippen LogP contribution in [0.15, 0.2) is 0 Å². The maximum atomic E-state index is 12.6. The van der Waals surface area contributed by atoms with Gasteiger partial charge in [-0.05, 0) is 6.42 Å². The minimum Gasteiger partial charge on any atom is -0.323 e. The normalized spacial score (nSPS) is 12.8. The molecular weight excluding hydrogens is 191 g/mol. The molecule has 86 valence electrons. The van der Waals surface area contributed by atoms with Crippen LogP contribution in [0.4, 0.5) is 0 Å². The summed E-state index contributed by atoms with van der Waals surface area (Å²) < 4.78 is 12.6. The standard InChI is InChI=1S/C12H27OP/c1-6-7-8-9-10-14(13,11(2)3)12(4)5/h11-12H,6-10H2,1-5H3. The first-order valence-electron chi connectivity index (χ1n) is 6.03. The number of hydrogen-bond acceptors (Lipinski definition) is 1.